The molecule has 1 aromatic rings. The van der Waals surface area contributed by atoms with Crippen molar-refractivity contribution < 1.29 is 0 Å². The van der Waals surface area contributed by atoms with Crippen molar-refractivity contribution in [2.45, 2.75) is 19.3 Å². The van der Waals surface area contributed by atoms with Crippen LogP contribution in [0.2, 0.25) is 0 Å². The summed E-state index contributed by atoms with van der Waals surface area (Å²) in [4.78, 5) is 6.69. The standard InChI is InChI=1S/C12H19BrN2/c1-15(10-5-3-8-13)11-7-12-6-2-4-9-14-12/h2,4,6,9H,3,5,7-8,10-11H2,1H3. The Bertz CT molecular complexity index is 251. The van der Waals surface area contributed by atoms with Crippen LogP contribution in [0.15, 0.2) is 24.4 Å². The van der Waals surface area contributed by atoms with E-state index in [2.05, 4.69) is 38.9 Å². The Morgan fingerprint density at radius 3 is 2.80 bits per heavy atom. The molecule has 0 bridgehead atoms. The van der Waals surface area contributed by atoms with Gasteiger partial charge in [0, 0.05) is 30.2 Å². The van der Waals surface area contributed by atoms with Gasteiger partial charge in [-0.15, -0.1) is 0 Å². The Morgan fingerprint density at radius 1 is 1.27 bits per heavy atom. The van der Waals surface area contributed by atoms with E-state index in [1.807, 2.05) is 18.3 Å². The van der Waals surface area contributed by atoms with E-state index in [9.17, 15) is 0 Å². The summed E-state index contributed by atoms with van der Waals surface area (Å²) >= 11 is 3.45. The summed E-state index contributed by atoms with van der Waals surface area (Å²) in [6.45, 7) is 2.28. The molecule has 0 radical (unpaired) electrons. The fourth-order valence-electron chi connectivity index (χ4n) is 1.44. The molecular weight excluding hydrogens is 252 g/mol. The zero-order chi connectivity index (χ0) is 10.9. The molecule has 0 fully saturated rings. The van der Waals surface area contributed by atoms with Crippen molar-refractivity contribution in [2.24, 2.45) is 0 Å². The fraction of sp³-hybridized carbons (Fsp3) is 0.583. The Labute approximate surface area is 101 Å². The van der Waals surface area contributed by atoms with E-state index in [1.165, 1.54) is 25.1 Å². The lowest BCUT2D eigenvalue weighted by Gasteiger charge is -2.15. The van der Waals surface area contributed by atoms with Crippen LogP contribution in [-0.2, 0) is 6.42 Å². The predicted molar refractivity (Wildman–Crippen MR) is 68.5 cm³/mol. The van der Waals surface area contributed by atoms with Crippen molar-refractivity contribution in [1.82, 2.24) is 9.88 Å². The second-order valence-electron chi connectivity index (χ2n) is 3.77. The lowest BCUT2D eigenvalue weighted by atomic mass is 10.2. The number of rotatable bonds is 7. The van der Waals surface area contributed by atoms with E-state index in [0.717, 1.165) is 18.3 Å². The van der Waals surface area contributed by atoms with Gasteiger partial charge in [0.2, 0.25) is 0 Å². The first-order valence-corrected chi connectivity index (χ1v) is 6.59. The second-order valence-corrected chi connectivity index (χ2v) is 4.56. The monoisotopic (exact) mass is 270 g/mol. The van der Waals surface area contributed by atoms with Gasteiger partial charge >= 0.3 is 0 Å². The van der Waals surface area contributed by atoms with Crippen LogP contribution >= 0.6 is 15.9 Å². The number of unbranched alkanes of at least 4 members (excludes halogenated alkanes) is 1. The van der Waals surface area contributed by atoms with E-state index >= 15 is 0 Å². The largest absolute Gasteiger partial charge is 0.306 e. The maximum absolute atomic E-state index is 4.31. The van der Waals surface area contributed by atoms with Crippen molar-refractivity contribution in [2.75, 3.05) is 25.5 Å². The van der Waals surface area contributed by atoms with Gasteiger partial charge in [0.1, 0.15) is 0 Å². The minimum Gasteiger partial charge on any atom is -0.306 e. The molecule has 1 rings (SSSR count). The second kappa shape index (κ2) is 7.83. The molecular formula is C12H19BrN2. The Hall–Kier alpha value is -0.410. The SMILES string of the molecule is CN(CCCCBr)CCc1ccccn1. The highest BCUT2D eigenvalue weighted by molar-refractivity contribution is 9.09. The minimum absolute atomic E-state index is 1.05. The number of aromatic nitrogens is 1. The fourth-order valence-corrected chi connectivity index (χ4v) is 1.84. The summed E-state index contributed by atoms with van der Waals surface area (Å²) in [5.74, 6) is 0. The number of hydrogen-bond donors (Lipinski definition) is 0. The van der Waals surface area contributed by atoms with Gasteiger partial charge in [0.15, 0.2) is 0 Å². The van der Waals surface area contributed by atoms with Gasteiger partial charge in [-0.25, -0.2) is 0 Å². The molecule has 0 amide bonds. The molecule has 0 unspecified atom stereocenters. The number of alkyl halides is 1. The molecule has 1 heterocycles. The van der Waals surface area contributed by atoms with Gasteiger partial charge < -0.3 is 4.90 Å². The summed E-state index contributed by atoms with van der Waals surface area (Å²) in [6.07, 6.45) is 5.43. The molecule has 84 valence electrons. The van der Waals surface area contributed by atoms with Crippen LogP contribution in [0.1, 0.15) is 18.5 Å². The smallest absolute Gasteiger partial charge is 0.0416 e. The topological polar surface area (TPSA) is 16.1 Å². The normalized spacial score (nSPS) is 10.9. The summed E-state index contributed by atoms with van der Waals surface area (Å²) in [5.41, 5.74) is 1.19. The first-order valence-electron chi connectivity index (χ1n) is 5.47. The molecule has 15 heavy (non-hydrogen) atoms. The lowest BCUT2D eigenvalue weighted by molar-refractivity contribution is 0.331. The molecule has 0 saturated heterocycles. The number of likely N-dealkylation sites (N-methyl/N-ethyl adjacent to an activating group) is 1. The van der Waals surface area contributed by atoms with Crippen molar-refractivity contribution >= 4 is 15.9 Å². The number of hydrogen-bond acceptors (Lipinski definition) is 2. The number of halogens is 1. The highest BCUT2D eigenvalue weighted by atomic mass is 79.9. The van der Waals surface area contributed by atoms with Gasteiger partial charge in [-0.3, -0.25) is 4.98 Å². The quantitative estimate of drug-likeness (QED) is 0.560. The van der Waals surface area contributed by atoms with Crippen LogP contribution in [0, 0.1) is 0 Å². The van der Waals surface area contributed by atoms with Crippen molar-refractivity contribution in [3.05, 3.63) is 30.1 Å². The highest BCUT2D eigenvalue weighted by Crippen LogP contribution is 1.99. The van der Waals surface area contributed by atoms with Gasteiger partial charge in [-0.05, 0) is 38.6 Å². The zero-order valence-corrected chi connectivity index (χ0v) is 10.9. The van der Waals surface area contributed by atoms with Gasteiger partial charge in [-0.2, -0.15) is 0 Å². The van der Waals surface area contributed by atoms with Crippen molar-refractivity contribution in [1.29, 1.82) is 0 Å². The Morgan fingerprint density at radius 2 is 2.13 bits per heavy atom. The van der Waals surface area contributed by atoms with Gasteiger partial charge in [0.05, 0.1) is 0 Å². The van der Waals surface area contributed by atoms with E-state index in [1.54, 1.807) is 0 Å². The highest BCUT2D eigenvalue weighted by Gasteiger charge is 1.99. The summed E-state index contributed by atoms with van der Waals surface area (Å²) in [7, 11) is 2.18. The molecule has 2 nitrogen and oxygen atoms in total. The van der Waals surface area contributed by atoms with E-state index in [4.69, 9.17) is 0 Å². The summed E-state index contributed by atoms with van der Waals surface area (Å²) in [6, 6.07) is 6.10. The van der Waals surface area contributed by atoms with E-state index in [-0.39, 0.29) is 0 Å². The van der Waals surface area contributed by atoms with E-state index in [0.29, 0.717) is 0 Å². The molecule has 0 N–H and O–H groups in total. The molecule has 0 aliphatic carbocycles. The number of nitrogens with zero attached hydrogens (tertiary/aromatic N) is 2. The van der Waals surface area contributed by atoms with Crippen LogP contribution in [0.3, 0.4) is 0 Å². The average Bonchev–Trinajstić information content (AvgIpc) is 2.28. The molecule has 0 atom stereocenters. The van der Waals surface area contributed by atoms with Gasteiger partial charge in [-0.1, -0.05) is 22.0 Å². The summed E-state index contributed by atoms with van der Waals surface area (Å²) < 4.78 is 0. The predicted octanol–water partition coefficient (Wildman–Crippen LogP) is 2.73. The molecule has 1 aromatic heterocycles. The molecule has 0 aliphatic rings. The molecule has 3 heteroatoms. The van der Waals surface area contributed by atoms with Gasteiger partial charge in [0.25, 0.3) is 0 Å². The van der Waals surface area contributed by atoms with E-state index < -0.39 is 0 Å². The van der Waals surface area contributed by atoms with Crippen LogP contribution in [0.25, 0.3) is 0 Å². The van der Waals surface area contributed by atoms with Crippen molar-refractivity contribution in [3.8, 4) is 0 Å². The molecule has 0 spiro atoms. The van der Waals surface area contributed by atoms with Crippen LogP contribution < -0.4 is 0 Å². The summed E-state index contributed by atoms with van der Waals surface area (Å²) in [5, 5.41) is 1.11. The van der Waals surface area contributed by atoms with Crippen LogP contribution in [0.5, 0.6) is 0 Å². The third kappa shape index (κ3) is 5.90. The van der Waals surface area contributed by atoms with Crippen molar-refractivity contribution in [3.63, 3.8) is 0 Å². The Kier molecular flexibility index (Phi) is 6.60. The number of pyridine rings is 1. The van der Waals surface area contributed by atoms with Crippen LogP contribution in [0.4, 0.5) is 0 Å². The molecule has 0 aliphatic heterocycles. The molecule has 0 saturated carbocycles. The maximum atomic E-state index is 4.31. The third-order valence-electron chi connectivity index (χ3n) is 2.40. The first-order chi connectivity index (χ1) is 7.33. The zero-order valence-electron chi connectivity index (χ0n) is 9.32. The minimum atomic E-state index is 1.05. The third-order valence-corrected chi connectivity index (χ3v) is 2.96. The first kappa shape index (κ1) is 12.7. The molecule has 0 aromatic carbocycles. The lowest BCUT2D eigenvalue weighted by Crippen LogP contribution is -2.22. The Balaban J connectivity index is 2.14. The van der Waals surface area contributed by atoms with Crippen LogP contribution in [-0.4, -0.2) is 35.4 Å². The average molecular weight is 271 g/mol. The maximum Gasteiger partial charge on any atom is 0.0416 e.